The zero-order chi connectivity index (χ0) is 12.6. The number of hydrogen-bond acceptors (Lipinski definition) is 2. The molecule has 0 bridgehead atoms. The quantitative estimate of drug-likeness (QED) is 0.725. The normalized spacial score (nSPS) is 10.7. The van der Waals surface area contributed by atoms with Crippen LogP contribution in [-0.2, 0) is 0 Å². The summed E-state index contributed by atoms with van der Waals surface area (Å²) in [4.78, 5) is 0. The lowest BCUT2D eigenvalue weighted by atomic mass is 10.1. The van der Waals surface area contributed by atoms with Crippen molar-refractivity contribution in [2.45, 2.75) is 25.7 Å². The van der Waals surface area contributed by atoms with Gasteiger partial charge in [0.1, 0.15) is 0 Å². The van der Waals surface area contributed by atoms with E-state index < -0.39 is 0 Å². The second-order valence-corrected chi connectivity index (χ2v) is 4.66. The Morgan fingerprint density at radius 1 is 0.833 bits per heavy atom. The molecule has 0 atom stereocenters. The minimum Gasteiger partial charge on any atom is -0.385 e. The van der Waals surface area contributed by atoms with Crippen LogP contribution in [0.3, 0.4) is 0 Å². The van der Waals surface area contributed by atoms with Gasteiger partial charge in [-0.05, 0) is 30.8 Å². The number of unbranched alkanes of at least 4 members (excludes halogenated alkanes) is 3. The molecular weight excluding hydrogens is 220 g/mol. The van der Waals surface area contributed by atoms with Crippen LogP contribution in [0.1, 0.15) is 25.7 Å². The average Bonchev–Trinajstić information content (AvgIpc) is 2.43. The largest absolute Gasteiger partial charge is 0.385 e. The van der Waals surface area contributed by atoms with Gasteiger partial charge in [0.05, 0.1) is 0 Å². The van der Waals surface area contributed by atoms with E-state index in [0.717, 1.165) is 19.5 Å². The van der Waals surface area contributed by atoms with E-state index in [4.69, 9.17) is 5.73 Å². The molecule has 0 unspecified atom stereocenters. The second kappa shape index (κ2) is 7.02. The summed E-state index contributed by atoms with van der Waals surface area (Å²) >= 11 is 0. The third kappa shape index (κ3) is 3.47. The summed E-state index contributed by atoms with van der Waals surface area (Å²) in [6.45, 7) is 1.86. The highest BCUT2D eigenvalue weighted by atomic mass is 14.9. The van der Waals surface area contributed by atoms with Crippen LogP contribution in [0.15, 0.2) is 42.5 Å². The van der Waals surface area contributed by atoms with Crippen molar-refractivity contribution >= 4 is 16.5 Å². The molecule has 0 aliphatic carbocycles. The van der Waals surface area contributed by atoms with E-state index in [1.165, 1.54) is 35.7 Å². The molecule has 0 saturated carbocycles. The highest BCUT2D eigenvalue weighted by molar-refractivity contribution is 5.93. The number of fused-ring (bicyclic) bond motifs is 1. The van der Waals surface area contributed by atoms with Crippen molar-refractivity contribution in [3.05, 3.63) is 42.5 Å². The molecule has 2 heteroatoms. The minimum absolute atomic E-state index is 0.816. The highest BCUT2D eigenvalue weighted by Crippen LogP contribution is 2.22. The molecule has 2 rings (SSSR count). The lowest BCUT2D eigenvalue weighted by Gasteiger charge is -2.09. The lowest BCUT2D eigenvalue weighted by Crippen LogP contribution is -2.03. The Hall–Kier alpha value is -1.54. The molecule has 3 N–H and O–H groups in total. The highest BCUT2D eigenvalue weighted by Gasteiger charge is 1.98. The van der Waals surface area contributed by atoms with Crippen molar-refractivity contribution in [3.63, 3.8) is 0 Å². The van der Waals surface area contributed by atoms with Crippen molar-refractivity contribution < 1.29 is 0 Å². The maximum Gasteiger partial charge on any atom is 0.0419 e. The average molecular weight is 242 g/mol. The van der Waals surface area contributed by atoms with E-state index in [1.807, 2.05) is 0 Å². The summed E-state index contributed by atoms with van der Waals surface area (Å²) in [6.07, 6.45) is 4.86. The number of nitrogens with two attached hydrogens (primary N) is 1. The number of rotatable bonds is 7. The molecule has 0 fully saturated rings. The second-order valence-electron chi connectivity index (χ2n) is 4.66. The summed E-state index contributed by atoms with van der Waals surface area (Å²) in [5, 5.41) is 6.14. The molecule has 0 amide bonds. The number of hydrogen-bond donors (Lipinski definition) is 2. The first kappa shape index (κ1) is 12.9. The molecule has 2 aromatic rings. The first-order valence-corrected chi connectivity index (χ1v) is 6.83. The molecule has 0 aromatic heterocycles. The third-order valence-corrected chi connectivity index (χ3v) is 3.24. The predicted octanol–water partition coefficient (Wildman–Crippen LogP) is 3.77. The first-order valence-electron chi connectivity index (χ1n) is 6.83. The van der Waals surface area contributed by atoms with Gasteiger partial charge in [0.15, 0.2) is 0 Å². The fourth-order valence-electron chi connectivity index (χ4n) is 2.23. The van der Waals surface area contributed by atoms with Crippen molar-refractivity contribution in [3.8, 4) is 0 Å². The fourth-order valence-corrected chi connectivity index (χ4v) is 2.23. The van der Waals surface area contributed by atoms with Crippen LogP contribution >= 0.6 is 0 Å². The minimum atomic E-state index is 0.816. The predicted molar refractivity (Wildman–Crippen MR) is 80.0 cm³/mol. The summed E-state index contributed by atoms with van der Waals surface area (Å²) in [6, 6.07) is 14.9. The molecule has 18 heavy (non-hydrogen) atoms. The van der Waals surface area contributed by atoms with E-state index in [9.17, 15) is 0 Å². The molecule has 0 spiro atoms. The van der Waals surface area contributed by atoms with Crippen LogP contribution in [0.4, 0.5) is 5.69 Å². The molecule has 96 valence electrons. The molecule has 2 nitrogen and oxygen atoms in total. The SMILES string of the molecule is NCCCCCCNc1cccc2ccccc12. The van der Waals surface area contributed by atoms with Gasteiger partial charge in [0.25, 0.3) is 0 Å². The van der Waals surface area contributed by atoms with Gasteiger partial charge in [-0.1, -0.05) is 49.2 Å². The third-order valence-electron chi connectivity index (χ3n) is 3.24. The zero-order valence-corrected chi connectivity index (χ0v) is 10.9. The van der Waals surface area contributed by atoms with E-state index in [0.29, 0.717) is 0 Å². The standard InChI is InChI=1S/C16H22N2/c17-12-5-1-2-6-13-18-16-11-7-9-14-8-3-4-10-15(14)16/h3-4,7-11,18H,1-2,5-6,12-13,17H2. The molecule has 0 heterocycles. The van der Waals surface area contributed by atoms with Crippen LogP contribution < -0.4 is 11.1 Å². The molecule has 0 aliphatic rings. The zero-order valence-electron chi connectivity index (χ0n) is 10.9. The van der Waals surface area contributed by atoms with Gasteiger partial charge in [0, 0.05) is 17.6 Å². The summed E-state index contributed by atoms with van der Waals surface area (Å²) in [5.74, 6) is 0. The Balaban J connectivity index is 1.88. The van der Waals surface area contributed by atoms with Crippen molar-refractivity contribution in [1.82, 2.24) is 0 Å². The van der Waals surface area contributed by atoms with Crippen LogP contribution in [0.25, 0.3) is 10.8 Å². The molecule has 0 aliphatic heterocycles. The molecule has 0 saturated heterocycles. The van der Waals surface area contributed by atoms with Gasteiger partial charge in [-0.25, -0.2) is 0 Å². The van der Waals surface area contributed by atoms with Gasteiger partial charge in [-0.2, -0.15) is 0 Å². The summed E-state index contributed by atoms with van der Waals surface area (Å²) in [5.41, 5.74) is 6.72. The topological polar surface area (TPSA) is 38.0 Å². The van der Waals surface area contributed by atoms with E-state index >= 15 is 0 Å². The van der Waals surface area contributed by atoms with Crippen LogP contribution in [0, 0.1) is 0 Å². The Kier molecular flexibility index (Phi) is 5.03. The van der Waals surface area contributed by atoms with Gasteiger partial charge in [-0.3, -0.25) is 0 Å². The summed E-state index contributed by atoms with van der Waals surface area (Å²) < 4.78 is 0. The maximum absolute atomic E-state index is 5.48. The lowest BCUT2D eigenvalue weighted by molar-refractivity contribution is 0.661. The molecule has 0 radical (unpaired) electrons. The van der Waals surface area contributed by atoms with Gasteiger partial charge >= 0.3 is 0 Å². The van der Waals surface area contributed by atoms with Gasteiger partial charge in [-0.15, -0.1) is 0 Å². The Bertz CT molecular complexity index is 474. The number of nitrogens with one attached hydrogen (secondary N) is 1. The Labute approximate surface area is 109 Å². The number of benzene rings is 2. The first-order chi connectivity index (χ1) is 8.92. The number of anilines is 1. The molecule has 2 aromatic carbocycles. The monoisotopic (exact) mass is 242 g/mol. The fraction of sp³-hybridized carbons (Fsp3) is 0.375. The van der Waals surface area contributed by atoms with E-state index in [1.54, 1.807) is 0 Å². The maximum atomic E-state index is 5.48. The summed E-state index contributed by atoms with van der Waals surface area (Å²) in [7, 11) is 0. The van der Waals surface area contributed by atoms with Crippen LogP contribution in [0.5, 0.6) is 0 Å². The van der Waals surface area contributed by atoms with E-state index in [2.05, 4.69) is 47.8 Å². The van der Waals surface area contributed by atoms with Crippen molar-refractivity contribution in [1.29, 1.82) is 0 Å². The van der Waals surface area contributed by atoms with E-state index in [-0.39, 0.29) is 0 Å². The van der Waals surface area contributed by atoms with Gasteiger partial charge < -0.3 is 11.1 Å². The van der Waals surface area contributed by atoms with Gasteiger partial charge in [0.2, 0.25) is 0 Å². The van der Waals surface area contributed by atoms with Crippen molar-refractivity contribution in [2.24, 2.45) is 5.73 Å². The smallest absolute Gasteiger partial charge is 0.0419 e. The Morgan fingerprint density at radius 3 is 2.50 bits per heavy atom. The molecular formula is C16H22N2. The van der Waals surface area contributed by atoms with Crippen molar-refractivity contribution in [2.75, 3.05) is 18.4 Å². The Morgan fingerprint density at radius 2 is 1.61 bits per heavy atom. The van der Waals surface area contributed by atoms with Crippen LogP contribution in [-0.4, -0.2) is 13.1 Å². The van der Waals surface area contributed by atoms with Crippen LogP contribution in [0.2, 0.25) is 0 Å².